The Morgan fingerprint density at radius 1 is 1.32 bits per heavy atom. The molecule has 3 nitrogen and oxygen atoms in total. The molecule has 1 aromatic carbocycles. The van der Waals surface area contributed by atoms with Gasteiger partial charge in [-0.25, -0.2) is 0 Å². The van der Waals surface area contributed by atoms with Crippen LogP contribution < -0.4 is 4.74 Å². The molecule has 0 aliphatic carbocycles. The van der Waals surface area contributed by atoms with Crippen molar-refractivity contribution >= 4 is 15.9 Å². The average Bonchev–Trinajstić information content (AvgIpc) is 2.37. The second kappa shape index (κ2) is 6.17. The molecule has 2 rings (SSSR count). The fourth-order valence-electron chi connectivity index (χ4n) is 1.79. The van der Waals surface area contributed by atoms with E-state index in [9.17, 15) is 5.11 Å². The summed E-state index contributed by atoms with van der Waals surface area (Å²) in [7, 11) is 0. The number of hydrogen-bond acceptors (Lipinski definition) is 3. The molecular weight excluding hydrogens is 306 g/mol. The molecule has 1 atom stereocenters. The van der Waals surface area contributed by atoms with Crippen molar-refractivity contribution in [2.45, 2.75) is 26.6 Å². The van der Waals surface area contributed by atoms with E-state index in [-0.39, 0.29) is 0 Å². The van der Waals surface area contributed by atoms with Crippen LogP contribution >= 0.6 is 15.9 Å². The maximum Gasteiger partial charge on any atom is 0.122 e. The number of aryl methyl sites for hydroxylation is 1. The van der Waals surface area contributed by atoms with Crippen molar-refractivity contribution in [3.63, 3.8) is 0 Å². The zero-order valence-corrected chi connectivity index (χ0v) is 12.5. The number of hydrogen-bond donors (Lipinski definition) is 1. The monoisotopic (exact) mass is 321 g/mol. The number of nitrogens with zero attached hydrogens (tertiary/aromatic N) is 1. The van der Waals surface area contributed by atoms with Crippen LogP contribution in [0.15, 0.2) is 41.1 Å². The average molecular weight is 322 g/mol. The van der Waals surface area contributed by atoms with Crippen LogP contribution in [0.3, 0.4) is 0 Å². The Hall–Kier alpha value is -1.39. The molecule has 0 aliphatic heterocycles. The maximum absolute atomic E-state index is 9.52. The van der Waals surface area contributed by atoms with E-state index in [2.05, 4.69) is 20.9 Å². The van der Waals surface area contributed by atoms with Gasteiger partial charge in [-0.15, -0.1) is 0 Å². The Morgan fingerprint density at radius 2 is 2.11 bits per heavy atom. The molecular formula is C15H16BrNO2. The minimum Gasteiger partial charge on any atom is -0.489 e. The number of aliphatic hydroxyl groups is 1. The lowest BCUT2D eigenvalue weighted by atomic mass is 10.1. The summed E-state index contributed by atoms with van der Waals surface area (Å²) in [4.78, 5) is 4.10. The number of pyridine rings is 1. The molecule has 1 heterocycles. The highest BCUT2D eigenvalue weighted by Gasteiger charge is 2.05. The van der Waals surface area contributed by atoms with Gasteiger partial charge in [0, 0.05) is 22.4 Å². The van der Waals surface area contributed by atoms with Gasteiger partial charge in [0.15, 0.2) is 0 Å². The third kappa shape index (κ3) is 3.78. The van der Waals surface area contributed by atoms with Gasteiger partial charge in [-0.3, -0.25) is 4.98 Å². The molecule has 0 fully saturated rings. The van der Waals surface area contributed by atoms with Crippen molar-refractivity contribution in [2.75, 3.05) is 0 Å². The van der Waals surface area contributed by atoms with Gasteiger partial charge >= 0.3 is 0 Å². The maximum atomic E-state index is 9.52. The zero-order valence-electron chi connectivity index (χ0n) is 10.9. The number of rotatable bonds is 4. The lowest BCUT2D eigenvalue weighted by Crippen LogP contribution is -1.99. The number of aromatic nitrogens is 1. The van der Waals surface area contributed by atoms with Gasteiger partial charge in [0.2, 0.25) is 0 Å². The van der Waals surface area contributed by atoms with E-state index in [1.165, 1.54) is 0 Å². The SMILES string of the molecule is Cc1cc([C@H](C)O)ccc1OCc1cncc(Br)c1. The smallest absolute Gasteiger partial charge is 0.122 e. The quantitative estimate of drug-likeness (QED) is 0.931. The van der Waals surface area contributed by atoms with E-state index in [1.807, 2.05) is 31.2 Å². The van der Waals surface area contributed by atoms with Crippen molar-refractivity contribution in [2.24, 2.45) is 0 Å². The standard InChI is InChI=1S/C15H16BrNO2/c1-10-5-13(11(2)18)3-4-15(10)19-9-12-6-14(16)8-17-7-12/h3-8,11,18H,9H2,1-2H3/t11-/m0/s1. The summed E-state index contributed by atoms with van der Waals surface area (Å²) in [6, 6.07) is 7.70. The summed E-state index contributed by atoms with van der Waals surface area (Å²) in [6.07, 6.45) is 3.07. The summed E-state index contributed by atoms with van der Waals surface area (Å²) < 4.78 is 6.71. The van der Waals surface area contributed by atoms with Crippen molar-refractivity contribution in [1.82, 2.24) is 4.98 Å². The minimum atomic E-state index is -0.456. The second-order valence-corrected chi connectivity index (χ2v) is 5.42. The van der Waals surface area contributed by atoms with Gasteiger partial charge in [-0.05, 0) is 59.1 Å². The van der Waals surface area contributed by atoms with E-state index in [0.29, 0.717) is 6.61 Å². The van der Waals surface area contributed by atoms with Gasteiger partial charge < -0.3 is 9.84 Å². The van der Waals surface area contributed by atoms with Crippen LogP contribution in [0, 0.1) is 6.92 Å². The Bertz CT molecular complexity index is 570. The Morgan fingerprint density at radius 3 is 2.74 bits per heavy atom. The molecule has 0 aliphatic rings. The summed E-state index contributed by atoms with van der Waals surface area (Å²) in [6.45, 7) is 4.20. The Balaban J connectivity index is 2.07. The lowest BCUT2D eigenvalue weighted by molar-refractivity contribution is 0.199. The summed E-state index contributed by atoms with van der Waals surface area (Å²) in [5.41, 5.74) is 2.92. The molecule has 2 aromatic rings. The van der Waals surface area contributed by atoms with E-state index >= 15 is 0 Å². The van der Waals surface area contributed by atoms with Gasteiger partial charge in [0.25, 0.3) is 0 Å². The summed E-state index contributed by atoms with van der Waals surface area (Å²) in [5, 5.41) is 9.52. The molecule has 0 amide bonds. The Kier molecular flexibility index (Phi) is 4.56. The lowest BCUT2D eigenvalue weighted by Gasteiger charge is -2.12. The van der Waals surface area contributed by atoms with Crippen LogP contribution in [0.5, 0.6) is 5.75 Å². The zero-order chi connectivity index (χ0) is 13.8. The van der Waals surface area contributed by atoms with Gasteiger partial charge in [-0.2, -0.15) is 0 Å². The number of aliphatic hydroxyl groups excluding tert-OH is 1. The predicted octanol–water partition coefficient (Wildman–Crippen LogP) is 3.78. The van der Waals surface area contributed by atoms with Gasteiger partial charge in [0.1, 0.15) is 12.4 Å². The normalized spacial score (nSPS) is 12.2. The fraction of sp³-hybridized carbons (Fsp3) is 0.267. The topological polar surface area (TPSA) is 42.4 Å². The largest absolute Gasteiger partial charge is 0.489 e. The van der Waals surface area contributed by atoms with Crippen LogP contribution in [0.1, 0.15) is 29.7 Å². The second-order valence-electron chi connectivity index (χ2n) is 4.50. The molecule has 4 heteroatoms. The van der Waals surface area contributed by atoms with Crippen molar-refractivity contribution in [1.29, 1.82) is 0 Å². The minimum absolute atomic E-state index is 0.456. The molecule has 0 bridgehead atoms. The highest BCUT2D eigenvalue weighted by Crippen LogP contribution is 2.23. The van der Waals surface area contributed by atoms with Crippen molar-refractivity contribution in [3.8, 4) is 5.75 Å². The van der Waals surface area contributed by atoms with E-state index in [0.717, 1.165) is 26.9 Å². The van der Waals surface area contributed by atoms with Crippen LogP contribution in [-0.4, -0.2) is 10.1 Å². The number of benzene rings is 1. The van der Waals surface area contributed by atoms with Crippen molar-refractivity contribution in [3.05, 3.63) is 57.8 Å². The first-order chi connectivity index (χ1) is 9.06. The van der Waals surface area contributed by atoms with E-state index in [4.69, 9.17) is 4.74 Å². The molecule has 0 spiro atoms. The molecule has 0 radical (unpaired) electrons. The molecule has 0 saturated carbocycles. The first kappa shape index (κ1) is 14.0. The van der Waals surface area contributed by atoms with E-state index < -0.39 is 6.10 Å². The molecule has 1 N–H and O–H groups in total. The highest BCUT2D eigenvalue weighted by molar-refractivity contribution is 9.10. The fourth-order valence-corrected chi connectivity index (χ4v) is 2.20. The first-order valence-corrected chi connectivity index (χ1v) is 6.86. The third-order valence-electron chi connectivity index (χ3n) is 2.84. The Labute approximate surface area is 121 Å². The van der Waals surface area contributed by atoms with Gasteiger partial charge in [-0.1, -0.05) is 6.07 Å². The van der Waals surface area contributed by atoms with Gasteiger partial charge in [0.05, 0.1) is 6.10 Å². The van der Waals surface area contributed by atoms with Crippen LogP contribution in [0.4, 0.5) is 0 Å². The number of halogens is 1. The molecule has 100 valence electrons. The highest BCUT2D eigenvalue weighted by atomic mass is 79.9. The first-order valence-electron chi connectivity index (χ1n) is 6.07. The summed E-state index contributed by atoms with van der Waals surface area (Å²) in [5.74, 6) is 0.823. The van der Waals surface area contributed by atoms with Crippen LogP contribution in [-0.2, 0) is 6.61 Å². The van der Waals surface area contributed by atoms with Crippen molar-refractivity contribution < 1.29 is 9.84 Å². The third-order valence-corrected chi connectivity index (χ3v) is 3.27. The molecule has 19 heavy (non-hydrogen) atoms. The number of ether oxygens (including phenoxy) is 1. The molecule has 1 aromatic heterocycles. The predicted molar refractivity (Wildman–Crippen MR) is 78.1 cm³/mol. The molecule has 0 saturated heterocycles. The summed E-state index contributed by atoms with van der Waals surface area (Å²) >= 11 is 3.38. The molecule has 0 unspecified atom stereocenters. The van der Waals surface area contributed by atoms with Crippen LogP contribution in [0.2, 0.25) is 0 Å². The van der Waals surface area contributed by atoms with E-state index in [1.54, 1.807) is 19.3 Å². The van der Waals surface area contributed by atoms with Crippen LogP contribution in [0.25, 0.3) is 0 Å².